The molecule has 0 heterocycles. The first kappa shape index (κ1) is 17.1. The normalized spacial score (nSPS) is 11.9. The van der Waals surface area contributed by atoms with Crippen LogP contribution < -0.4 is 10.5 Å². The fourth-order valence-corrected chi connectivity index (χ4v) is 2.54. The summed E-state index contributed by atoms with van der Waals surface area (Å²) in [6, 6.07) is 6.80. The lowest BCUT2D eigenvalue weighted by Gasteiger charge is -2.09. The molecule has 2 N–H and O–H groups in total. The number of hydrogen-bond acceptors (Lipinski definition) is 5. The first-order chi connectivity index (χ1) is 9.63. The van der Waals surface area contributed by atoms with E-state index in [2.05, 4.69) is 4.74 Å². The summed E-state index contributed by atoms with van der Waals surface area (Å²) < 4.78 is 10.1. The molecule has 0 saturated heterocycles. The highest BCUT2D eigenvalue weighted by Gasteiger charge is 2.12. The van der Waals surface area contributed by atoms with E-state index in [1.807, 2.05) is 12.1 Å². The lowest BCUT2D eigenvalue weighted by Crippen LogP contribution is -2.32. The van der Waals surface area contributed by atoms with Gasteiger partial charge in [-0.25, -0.2) is 0 Å². The van der Waals surface area contributed by atoms with Crippen LogP contribution >= 0.6 is 23.4 Å². The predicted octanol–water partition coefficient (Wildman–Crippen LogP) is 2.73. The van der Waals surface area contributed by atoms with Crippen molar-refractivity contribution in [2.24, 2.45) is 5.73 Å². The van der Waals surface area contributed by atoms with E-state index in [1.165, 1.54) is 7.11 Å². The number of esters is 1. The van der Waals surface area contributed by atoms with E-state index in [9.17, 15) is 4.79 Å². The van der Waals surface area contributed by atoms with Crippen molar-refractivity contribution in [1.29, 1.82) is 0 Å². The smallest absolute Gasteiger partial charge is 0.322 e. The van der Waals surface area contributed by atoms with Crippen molar-refractivity contribution < 1.29 is 14.3 Å². The Bertz CT molecular complexity index is 400. The van der Waals surface area contributed by atoms with Crippen LogP contribution in [0.15, 0.2) is 24.3 Å². The van der Waals surface area contributed by atoms with Gasteiger partial charge in [0.25, 0.3) is 0 Å². The molecule has 6 heteroatoms. The molecule has 0 aliphatic carbocycles. The summed E-state index contributed by atoms with van der Waals surface area (Å²) in [4.78, 5) is 11.1. The van der Waals surface area contributed by atoms with Gasteiger partial charge >= 0.3 is 5.97 Å². The van der Waals surface area contributed by atoms with Crippen LogP contribution in [0, 0.1) is 0 Å². The molecular formula is C14H20ClNO3S. The van der Waals surface area contributed by atoms with Gasteiger partial charge in [-0.05, 0) is 48.6 Å². The third-order valence-corrected chi connectivity index (χ3v) is 3.95. The molecule has 0 aromatic heterocycles. The Morgan fingerprint density at radius 2 is 2.05 bits per heavy atom. The second-order valence-corrected chi connectivity index (χ2v) is 5.85. The molecule has 20 heavy (non-hydrogen) atoms. The minimum atomic E-state index is -0.516. The van der Waals surface area contributed by atoms with Crippen molar-refractivity contribution in [2.75, 3.05) is 25.2 Å². The number of carbonyl (C=O) groups is 1. The lowest BCUT2D eigenvalue weighted by atomic mass is 10.2. The molecule has 0 amide bonds. The largest absolute Gasteiger partial charge is 0.494 e. The van der Waals surface area contributed by atoms with Gasteiger partial charge in [0.2, 0.25) is 0 Å². The topological polar surface area (TPSA) is 61.5 Å². The SMILES string of the molecule is COC(=O)C(N)CCSCCCOc1ccc(Cl)cc1. The highest BCUT2D eigenvalue weighted by Crippen LogP contribution is 2.16. The van der Waals surface area contributed by atoms with Gasteiger partial charge in [0.15, 0.2) is 0 Å². The highest BCUT2D eigenvalue weighted by atomic mass is 35.5. The fourth-order valence-electron chi connectivity index (χ4n) is 1.46. The van der Waals surface area contributed by atoms with E-state index in [-0.39, 0.29) is 5.97 Å². The van der Waals surface area contributed by atoms with Crippen molar-refractivity contribution >= 4 is 29.3 Å². The first-order valence-corrected chi connectivity index (χ1v) is 7.96. The summed E-state index contributed by atoms with van der Waals surface area (Å²) in [5.74, 6) is 2.29. The number of halogens is 1. The van der Waals surface area contributed by atoms with Crippen LogP contribution in [0.3, 0.4) is 0 Å². The maximum Gasteiger partial charge on any atom is 0.322 e. The van der Waals surface area contributed by atoms with E-state index in [0.717, 1.165) is 23.7 Å². The van der Waals surface area contributed by atoms with Crippen LogP contribution in [0.2, 0.25) is 5.02 Å². The number of carbonyl (C=O) groups excluding carboxylic acids is 1. The monoisotopic (exact) mass is 317 g/mol. The molecular weight excluding hydrogens is 298 g/mol. The molecule has 0 saturated carbocycles. The number of benzene rings is 1. The molecule has 0 spiro atoms. The highest BCUT2D eigenvalue weighted by molar-refractivity contribution is 7.99. The summed E-state index contributed by atoms with van der Waals surface area (Å²) in [7, 11) is 1.35. The quantitative estimate of drug-likeness (QED) is 0.560. The van der Waals surface area contributed by atoms with E-state index >= 15 is 0 Å². The average Bonchev–Trinajstić information content (AvgIpc) is 2.47. The molecule has 112 valence electrons. The van der Waals surface area contributed by atoms with E-state index in [0.29, 0.717) is 18.1 Å². The number of nitrogens with two attached hydrogens (primary N) is 1. The molecule has 1 aromatic carbocycles. The Balaban J connectivity index is 2.00. The van der Waals surface area contributed by atoms with Gasteiger partial charge in [-0.1, -0.05) is 11.6 Å². The minimum Gasteiger partial charge on any atom is -0.494 e. The Hall–Kier alpha value is -0.910. The van der Waals surface area contributed by atoms with Crippen molar-refractivity contribution in [2.45, 2.75) is 18.9 Å². The Morgan fingerprint density at radius 3 is 2.70 bits per heavy atom. The third kappa shape index (κ3) is 7.03. The zero-order valence-corrected chi connectivity index (χ0v) is 13.1. The Labute approximate surface area is 129 Å². The van der Waals surface area contributed by atoms with Gasteiger partial charge in [-0.15, -0.1) is 0 Å². The van der Waals surface area contributed by atoms with E-state index in [4.69, 9.17) is 22.1 Å². The number of ether oxygens (including phenoxy) is 2. The molecule has 1 rings (SSSR count). The number of hydrogen-bond donors (Lipinski definition) is 1. The van der Waals surface area contributed by atoms with Gasteiger partial charge < -0.3 is 15.2 Å². The van der Waals surface area contributed by atoms with Crippen LogP contribution in [0.1, 0.15) is 12.8 Å². The molecule has 0 radical (unpaired) electrons. The average molecular weight is 318 g/mol. The maximum absolute atomic E-state index is 11.1. The molecule has 1 unspecified atom stereocenters. The third-order valence-electron chi connectivity index (χ3n) is 2.59. The van der Waals surface area contributed by atoms with Crippen molar-refractivity contribution in [3.8, 4) is 5.75 Å². The van der Waals surface area contributed by atoms with Crippen molar-refractivity contribution in [3.05, 3.63) is 29.3 Å². The van der Waals surface area contributed by atoms with Crippen LogP contribution in [-0.4, -0.2) is 37.2 Å². The molecule has 0 fully saturated rings. The van der Waals surface area contributed by atoms with Gasteiger partial charge in [-0.2, -0.15) is 11.8 Å². The number of thioether (sulfide) groups is 1. The summed E-state index contributed by atoms with van der Waals surface area (Å²) in [5.41, 5.74) is 5.63. The fraction of sp³-hybridized carbons (Fsp3) is 0.500. The van der Waals surface area contributed by atoms with Crippen LogP contribution in [0.4, 0.5) is 0 Å². The second-order valence-electron chi connectivity index (χ2n) is 4.19. The maximum atomic E-state index is 11.1. The van der Waals surface area contributed by atoms with Gasteiger partial charge in [0.1, 0.15) is 11.8 Å². The molecule has 4 nitrogen and oxygen atoms in total. The zero-order chi connectivity index (χ0) is 14.8. The van der Waals surface area contributed by atoms with Crippen molar-refractivity contribution in [3.63, 3.8) is 0 Å². The lowest BCUT2D eigenvalue weighted by molar-refractivity contribution is -0.142. The van der Waals surface area contributed by atoms with E-state index in [1.54, 1.807) is 23.9 Å². The second kappa shape index (κ2) is 9.91. The molecule has 0 aliphatic heterocycles. The molecule has 0 bridgehead atoms. The summed E-state index contributed by atoms with van der Waals surface area (Å²) in [6.07, 6.45) is 1.58. The van der Waals surface area contributed by atoms with Gasteiger partial charge in [0.05, 0.1) is 13.7 Å². The minimum absolute atomic E-state index is 0.350. The van der Waals surface area contributed by atoms with Gasteiger partial charge in [0, 0.05) is 5.02 Å². The first-order valence-electron chi connectivity index (χ1n) is 6.43. The zero-order valence-electron chi connectivity index (χ0n) is 11.5. The van der Waals surface area contributed by atoms with Crippen molar-refractivity contribution in [1.82, 2.24) is 0 Å². The number of rotatable bonds is 9. The van der Waals surface area contributed by atoms with Gasteiger partial charge in [-0.3, -0.25) is 4.79 Å². The van der Waals surface area contributed by atoms with E-state index < -0.39 is 6.04 Å². The molecule has 0 aliphatic rings. The Morgan fingerprint density at radius 1 is 1.35 bits per heavy atom. The summed E-state index contributed by atoms with van der Waals surface area (Å²) in [6.45, 7) is 0.664. The standard InChI is InChI=1S/C14H20ClNO3S/c1-18-14(17)13(16)7-10-20-9-2-8-19-12-5-3-11(15)4-6-12/h3-6,13H,2,7-10,16H2,1H3. The Kier molecular flexibility index (Phi) is 8.49. The number of methoxy groups -OCH3 is 1. The summed E-state index contributed by atoms with van der Waals surface area (Å²) >= 11 is 7.54. The van der Waals surface area contributed by atoms with Crippen LogP contribution in [0.5, 0.6) is 5.75 Å². The van der Waals surface area contributed by atoms with Crippen LogP contribution in [-0.2, 0) is 9.53 Å². The molecule has 1 aromatic rings. The predicted molar refractivity (Wildman–Crippen MR) is 83.5 cm³/mol. The molecule has 1 atom stereocenters. The van der Waals surface area contributed by atoms with Crippen LogP contribution in [0.25, 0.3) is 0 Å². The summed E-state index contributed by atoms with van der Waals surface area (Å²) in [5, 5.41) is 0.704.